The van der Waals surface area contributed by atoms with Crippen molar-refractivity contribution >= 4 is 27.5 Å². The summed E-state index contributed by atoms with van der Waals surface area (Å²) in [7, 11) is -2.18. The van der Waals surface area contributed by atoms with Crippen molar-refractivity contribution in [3.05, 3.63) is 59.7 Å². The highest BCUT2D eigenvalue weighted by Crippen LogP contribution is 2.21. The van der Waals surface area contributed by atoms with Crippen LogP contribution in [0.25, 0.3) is 0 Å². The highest BCUT2D eigenvalue weighted by molar-refractivity contribution is 7.92. The van der Waals surface area contributed by atoms with Crippen LogP contribution in [0.5, 0.6) is 5.75 Å². The van der Waals surface area contributed by atoms with Crippen LogP contribution < -0.4 is 14.4 Å². The molecule has 0 aliphatic rings. The minimum atomic E-state index is -3.75. The number of sulfonamides is 1. The Morgan fingerprint density at radius 2 is 1.74 bits per heavy atom. The Bertz CT molecular complexity index is 1090. The number of methoxy groups -OCH3 is 1. The number of ether oxygens (including phenoxy) is 1. The van der Waals surface area contributed by atoms with E-state index in [9.17, 15) is 18.0 Å². The highest BCUT2D eigenvalue weighted by atomic mass is 32.2. The predicted octanol–water partition coefficient (Wildman–Crippen LogP) is 3.10. The number of nitrogens with zero attached hydrogens (tertiary/aromatic N) is 2. The van der Waals surface area contributed by atoms with E-state index in [1.807, 2.05) is 39.0 Å². The Kier molecular flexibility index (Phi) is 9.49. The molecule has 9 heteroatoms. The number of hydrogen-bond acceptors (Lipinski definition) is 5. The molecule has 0 radical (unpaired) electrons. The van der Waals surface area contributed by atoms with Crippen LogP contribution in [-0.4, -0.2) is 57.1 Å². The first kappa shape index (κ1) is 27.2. The zero-order valence-electron chi connectivity index (χ0n) is 20.7. The van der Waals surface area contributed by atoms with Gasteiger partial charge < -0.3 is 15.0 Å². The van der Waals surface area contributed by atoms with Gasteiger partial charge in [0.1, 0.15) is 18.3 Å². The SMILES string of the molecule is CC[C@H](C)NC(=O)[C@@H](C)N(Cc1ccc(OC)cc1)C(=O)CN(c1cccc(C)c1)S(C)(=O)=O. The third kappa shape index (κ3) is 7.48. The summed E-state index contributed by atoms with van der Waals surface area (Å²) >= 11 is 0. The van der Waals surface area contributed by atoms with Crippen LogP contribution in [0, 0.1) is 6.92 Å². The molecular formula is C25H35N3O5S. The number of hydrogen-bond donors (Lipinski definition) is 1. The molecule has 0 saturated heterocycles. The van der Waals surface area contributed by atoms with Gasteiger partial charge >= 0.3 is 0 Å². The number of aryl methyl sites for hydroxylation is 1. The summed E-state index contributed by atoms with van der Waals surface area (Å²) in [6.07, 6.45) is 1.82. The van der Waals surface area contributed by atoms with E-state index in [0.717, 1.165) is 28.1 Å². The summed E-state index contributed by atoms with van der Waals surface area (Å²) in [6.45, 7) is 7.08. The van der Waals surface area contributed by atoms with Gasteiger partial charge in [-0.15, -0.1) is 0 Å². The first-order chi connectivity index (χ1) is 16.0. The third-order valence-corrected chi connectivity index (χ3v) is 6.79. The fourth-order valence-corrected chi connectivity index (χ4v) is 4.21. The average molecular weight is 490 g/mol. The molecule has 0 unspecified atom stereocenters. The van der Waals surface area contributed by atoms with E-state index >= 15 is 0 Å². The van der Waals surface area contributed by atoms with Crippen LogP contribution in [-0.2, 0) is 26.2 Å². The van der Waals surface area contributed by atoms with Crippen LogP contribution in [0.15, 0.2) is 48.5 Å². The molecule has 0 aliphatic heterocycles. The molecule has 0 spiro atoms. The second-order valence-corrected chi connectivity index (χ2v) is 10.4. The summed E-state index contributed by atoms with van der Waals surface area (Å²) in [5, 5.41) is 2.91. The molecule has 0 bridgehead atoms. The van der Waals surface area contributed by atoms with Crippen LogP contribution in [0.1, 0.15) is 38.3 Å². The topological polar surface area (TPSA) is 96.0 Å². The molecule has 34 heavy (non-hydrogen) atoms. The van der Waals surface area contributed by atoms with E-state index in [1.165, 1.54) is 4.90 Å². The molecule has 2 aromatic carbocycles. The van der Waals surface area contributed by atoms with Gasteiger partial charge in [-0.05, 0) is 62.6 Å². The number of benzene rings is 2. The van der Waals surface area contributed by atoms with Crippen LogP contribution in [0.3, 0.4) is 0 Å². The molecule has 186 valence electrons. The quantitative estimate of drug-likeness (QED) is 0.523. The maximum absolute atomic E-state index is 13.5. The molecule has 8 nitrogen and oxygen atoms in total. The van der Waals surface area contributed by atoms with Crippen molar-refractivity contribution in [2.45, 2.75) is 52.7 Å². The molecule has 0 heterocycles. The first-order valence-electron chi connectivity index (χ1n) is 11.2. The monoisotopic (exact) mass is 489 g/mol. The molecule has 0 aliphatic carbocycles. The smallest absolute Gasteiger partial charge is 0.244 e. The van der Waals surface area contributed by atoms with Gasteiger partial charge in [0.05, 0.1) is 19.1 Å². The van der Waals surface area contributed by atoms with Crippen molar-refractivity contribution in [2.24, 2.45) is 0 Å². The summed E-state index contributed by atoms with van der Waals surface area (Å²) in [6, 6.07) is 13.3. The molecule has 0 saturated carbocycles. The van der Waals surface area contributed by atoms with Crippen molar-refractivity contribution in [3.63, 3.8) is 0 Å². The fourth-order valence-electron chi connectivity index (χ4n) is 3.37. The van der Waals surface area contributed by atoms with Gasteiger partial charge in [0.2, 0.25) is 21.8 Å². The van der Waals surface area contributed by atoms with Crippen molar-refractivity contribution < 1.29 is 22.7 Å². The Morgan fingerprint density at radius 3 is 2.26 bits per heavy atom. The van der Waals surface area contributed by atoms with Gasteiger partial charge in [-0.3, -0.25) is 13.9 Å². The Morgan fingerprint density at radius 1 is 1.09 bits per heavy atom. The lowest BCUT2D eigenvalue weighted by atomic mass is 10.1. The van der Waals surface area contributed by atoms with E-state index in [0.29, 0.717) is 11.4 Å². The van der Waals surface area contributed by atoms with Crippen molar-refractivity contribution in [1.29, 1.82) is 0 Å². The van der Waals surface area contributed by atoms with E-state index in [-0.39, 0.29) is 18.5 Å². The molecular weight excluding hydrogens is 454 g/mol. The average Bonchev–Trinajstić information content (AvgIpc) is 2.79. The van der Waals surface area contributed by atoms with Gasteiger partial charge in [0, 0.05) is 12.6 Å². The maximum Gasteiger partial charge on any atom is 0.244 e. The van der Waals surface area contributed by atoms with E-state index in [1.54, 1.807) is 44.4 Å². The number of anilines is 1. The molecule has 2 amide bonds. The zero-order valence-corrected chi connectivity index (χ0v) is 21.6. The Balaban J connectivity index is 2.37. The van der Waals surface area contributed by atoms with Gasteiger partial charge in [-0.2, -0.15) is 0 Å². The highest BCUT2D eigenvalue weighted by Gasteiger charge is 2.30. The second-order valence-electron chi connectivity index (χ2n) is 8.47. The zero-order chi connectivity index (χ0) is 25.5. The number of nitrogens with one attached hydrogen (secondary N) is 1. The number of amides is 2. The standard InChI is InChI=1S/C25H35N3O5S/c1-7-19(3)26-25(30)20(4)27(16-21-11-13-23(33-5)14-12-21)24(29)17-28(34(6,31)32)22-10-8-9-18(2)15-22/h8-15,19-20H,7,16-17H2,1-6H3,(H,26,30)/t19-,20+/m0/s1. The van der Waals surface area contributed by atoms with E-state index < -0.39 is 28.5 Å². The van der Waals surface area contributed by atoms with E-state index in [4.69, 9.17) is 4.74 Å². The fraction of sp³-hybridized carbons (Fsp3) is 0.440. The lowest BCUT2D eigenvalue weighted by molar-refractivity contribution is -0.139. The predicted molar refractivity (Wildman–Crippen MR) is 134 cm³/mol. The van der Waals surface area contributed by atoms with Crippen LogP contribution in [0.2, 0.25) is 0 Å². The summed E-state index contributed by atoms with van der Waals surface area (Å²) < 4.78 is 31.4. The number of carbonyl (C=O) groups is 2. The van der Waals surface area contributed by atoms with Gasteiger partial charge in [-0.25, -0.2) is 8.42 Å². The van der Waals surface area contributed by atoms with E-state index in [2.05, 4.69) is 5.32 Å². The Labute approximate surface area is 202 Å². The lowest BCUT2D eigenvalue weighted by Crippen LogP contribution is -2.52. The number of carbonyl (C=O) groups excluding carboxylic acids is 2. The minimum Gasteiger partial charge on any atom is -0.497 e. The van der Waals surface area contributed by atoms with Crippen LogP contribution in [0.4, 0.5) is 5.69 Å². The largest absolute Gasteiger partial charge is 0.497 e. The lowest BCUT2D eigenvalue weighted by Gasteiger charge is -2.32. The third-order valence-electron chi connectivity index (χ3n) is 5.65. The summed E-state index contributed by atoms with van der Waals surface area (Å²) in [5.41, 5.74) is 2.06. The Hall–Kier alpha value is -3.07. The molecule has 2 aromatic rings. The van der Waals surface area contributed by atoms with Crippen molar-refractivity contribution in [1.82, 2.24) is 10.2 Å². The first-order valence-corrected chi connectivity index (χ1v) is 13.1. The summed E-state index contributed by atoms with van der Waals surface area (Å²) in [5.74, 6) is -0.0980. The normalized spacial score (nSPS) is 13.0. The van der Waals surface area contributed by atoms with Crippen molar-refractivity contribution in [2.75, 3.05) is 24.2 Å². The molecule has 0 fully saturated rings. The van der Waals surface area contributed by atoms with Gasteiger partial charge in [-0.1, -0.05) is 31.2 Å². The molecule has 1 N–H and O–H groups in total. The summed E-state index contributed by atoms with van der Waals surface area (Å²) in [4.78, 5) is 27.8. The number of rotatable bonds is 11. The molecule has 0 aromatic heterocycles. The van der Waals surface area contributed by atoms with Crippen molar-refractivity contribution in [3.8, 4) is 5.75 Å². The maximum atomic E-state index is 13.5. The van der Waals surface area contributed by atoms with Gasteiger partial charge in [0.15, 0.2) is 0 Å². The second kappa shape index (κ2) is 11.9. The van der Waals surface area contributed by atoms with Gasteiger partial charge in [0.25, 0.3) is 0 Å². The molecule has 2 rings (SSSR count). The van der Waals surface area contributed by atoms with Crippen LogP contribution >= 0.6 is 0 Å². The minimum absolute atomic E-state index is 0.0484. The molecule has 2 atom stereocenters.